The molecule has 0 saturated heterocycles. The van der Waals surface area contributed by atoms with Crippen molar-refractivity contribution >= 4 is 5.69 Å². The average molecular weight is 260 g/mol. The van der Waals surface area contributed by atoms with Gasteiger partial charge < -0.3 is 5.73 Å². The zero-order valence-electron chi connectivity index (χ0n) is 12.8. The van der Waals surface area contributed by atoms with Gasteiger partial charge in [0, 0.05) is 17.8 Å². The summed E-state index contributed by atoms with van der Waals surface area (Å²) in [5, 5.41) is 0. The summed E-state index contributed by atoms with van der Waals surface area (Å²) < 4.78 is 0. The molecule has 0 heterocycles. The van der Waals surface area contributed by atoms with Crippen molar-refractivity contribution in [1.82, 2.24) is 4.90 Å². The number of rotatable bonds is 3. The predicted octanol–water partition coefficient (Wildman–Crippen LogP) is 4.09. The van der Waals surface area contributed by atoms with Gasteiger partial charge in [0.05, 0.1) is 0 Å². The van der Waals surface area contributed by atoms with Crippen LogP contribution in [0.2, 0.25) is 0 Å². The number of nitrogens with zero attached hydrogens (tertiary/aromatic N) is 1. The van der Waals surface area contributed by atoms with Crippen molar-refractivity contribution in [3.63, 3.8) is 0 Å². The summed E-state index contributed by atoms with van der Waals surface area (Å²) in [5.41, 5.74) is 8.09. The normalized spacial score (nSPS) is 29.4. The fraction of sp³-hybridized carbons (Fsp3) is 0.647. The lowest BCUT2D eigenvalue weighted by atomic mass is 9.79. The molecule has 2 nitrogen and oxygen atoms in total. The van der Waals surface area contributed by atoms with Crippen LogP contribution < -0.4 is 5.73 Å². The third-order valence-electron chi connectivity index (χ3n) is 4.73. The van der Waals surface area contributed by atoms with Crippen molar-refractivity contribution in [1.29, 1.82) is 0 Å². The maximum atomic E-state index is 5.90. The van der Waals surface area contributed by atoms with E-state index in [1.165, 1.54) is 24.8 Å². The Balaban J connectivity index is 2.08. The highest BCUT2D eigenvalue weighted by atomic mass is 15.2. The summed E-state index contributed by atoms with van der Waals surface area (Å²) in [4.78, 5) is 2.54. The van der Waals surface area contributed by atoms with Crippen LogP contribution >= 0.6 is 0 Å². The van der Waals surface area contributed by atoms with Gasteiger partial charge in [0.15, 0.2) is 0 Å². The van der Waals surface area contributed by atoms with Gasteiger partial charge in [0.1, 0.15) is 0 Å². The van der Waals surface area contributed by atoms with Gasteiger partial charge in [0.2, 0.25) is 0 Å². The minimum Gasteiger partial charge on any atom is -0.399 e. The lowest BCUT2D eigenvalue weighted by Crippen LogP contribution is -2.39. The zero-order valence-corrected chi connectivity index (χ0v) is 12.8. The molecule has 1 saturated carbocycles. The molecular weight excluding hydrogens is 232 g/mol. The van der Waals surface area contributed by atoms with Crippen molar-refractivity contribution in [3.05, 3.63) is 29.8 Å². The molecular formula is C17H28N2. The zero-order chi connectivity index (χ0) is 14.0. The second-order valence-electron chi connectivity index (χ2n) is 6.58. The number of nitrogen functional groups attached to an aromatic ring is 1. The summed E-state index contributed by atoms with van der Waals surface area (Å²) in [6.07, 6.45) is 4.04. The number of hydrogen-bond donors (Lipinski definition) is 1. The first kappa shape index (κ1) is 14.4. The van der Waals surface area contributed by atoms with Crippen LogP contribution in [0, 0.1) is 11.8 Å². The smallest absolute Gasteiger partial charge is 0.0320 e. The Morgan fingerprint density at radius 2 is 1.79 bits per heavy atom. The van der Waals surface area contributed by atoms with Crippen LogP contribution in [0.15, 0.2) is 24.3 Å². The first-order valence-corrected chi connectivity index (χ1v) is 7.54. The average Bonchev–Trinajstić information content (AvgIpc) is 2.36. The molecule has 1 aliphatic carbocycles. The molecule has 0 bridgehead atoms. The molecule has 0 spiro atoms. The Morgan fingerprint density at radius 3 is 2.37 bits per heavy atom. The topological polar surface area (TPSA) is 29.3 Å². The van der Waals surface area contributed by atoms with Gasteiger partial charge >= 0.3 is 0 Å². The summed E-state index contributed by atoms with van der Waals surface area (Å²) in [6, 6.07) is 9.45. The monoisotopic (exact) mass is 260 g/mol. The summed E-state index contributed by atoms with van der Waals surface area (Å²) in [7, 11) is 2.27. The molecule has 0 amide bonds. The van der Waals surface area contributed by atoms with E-state index in [-0.39, 0.29) is 0 Å². The standard InChI is InChI=1S/C17H28N2/c1-12-8-13(2)10-17(9-12)19(4)14(3)15-6-5-7-16(18)11-15/h5-7,11-14,17H,8-10,18H2,1-4H3. The third kappa shape index (κ3) is 3.50. The highest BCUT2D eigenvalue weighted by Crippen LogP contribution is 2.34. The lowest BCUT2D eigenvalue weighted by Gasteiger charge is -2.40. The number of benzene rings is 1. The molecule has 3 unspecified atom stereocenters. The van der Waals surface area contributed by atoms with Crippen LogP contribution in [-0.2, 0) is 0 Å². The Kier molecular flexibility index (Phi) is 4.51. The molecule has 1 aromatic carbocycles. The van der Waals surface area contributed by atoms with Crippen LogP contribution in [-0.4, -0.2) is 18.0 Å². The molecule has 2 N–H and O–H groups in total. The third-order valence-corrected chi connectivity index (χ3v) is 4.73. The minimum atomic E-state index is 0.436. The first-order valence-electron chi connectivity index (χ1n) is 7.54. The predicted molar refractivity (Wildman–Crippen MR) is 83.0 cm³/mol. The Morgan fingerprint density at radius 1 is 1.16 bits per heavy atom. The quantitative estimate of drug-likeness (QED) is 0.830. The molecule has 3 atom stereocenters. The Hall–Kier alpha value is -1.02. The Labute approximate surface area is 118 Å². The molecule has 0 aromatic heterocycles. The van der Waals surface area contributed by atoms with Crippen LogP contribution in [0.1, 0.15) is 51.6 Å². The second-order valence-corrected chi connectivity index (χ2v) is 6.58. The van der Waals surface area contributed by atoms with Gasteiger partial charge in [-0.05, 0) is 62.8 Å². The van der Waals surface area contributed by atoms with E-state index < -0.39 is 0 Å². The second kappa shape index (κ2) is 5.96. The van der Waals surface area contributed by atoms with Crippen LogP contribution in [0.4, 0.5) is 5.69 Å². The van der Waals surface area contributed by atoms with E-state index in [4.69, 9.17) is 5.73 Å². The van der Waals surface area contributed by atoms with E-state index in [9.17, 15) is 0 Å². The Bertz CT molecular complexity index is 405. The van der Waals surface area contributed by atoms with Crippen molar-refractivity contribution in [2.45, 2.75) is 52.1 Å². The maximum Gasteiger partial charge on any atom is 0.0320 e. The van der Waals surface area contributed by atoms with E-state index in [0.717, 1.165) is 17.5 Å². The first-order chi connectivity index (χ1) is 8.97. The fourth-order valence-electron chi connectivity index (χ4n) is 3.61. The molecule has 106 valence electrons. The lowest BCUT2D eigenvalue weighted by molar-refractivity contribution is 0.102. The fourth-order valence-corrected chi connectivity index (χ4v) is 3.61. The molecule has 19 heavy (non-hydrogen) atoms. The van der Waals surface area contributed by atoms with E-state index in [1.807, 2.05) is 6.07 Å². The summed E-state index contributed by atoms with van der Waals surface area (Å²) in [6.45, 7) is 7.07. The van der Waals surface area contributed by atoms with Gasteiger partial charge in [-0.3, -0.25) is 4.90 Å². The van der Waals surface area contributed by atoms with Crippen LogP contribution in [0.25, 0.3) is 0 Å². The molecule has 0 radical (unpaired) electrons. The molecule has 1 aromatic rings. The van der Waals surface area contributed by atoms with Crippen molar-refractivity contribution in [3.8, 4) is 0 Å². The highest BCUT2D eigenvalue weighted by Gasteiger charge is 2.29. The largest absolute Gasteiger partial charge is 0.399 e. The van der Waals surface area contributed by atoms with E-state index in [0.29, 0.717) is 12.1 Å². The number of nitrogens with two attached hydrogens (primary N) is 1. The van der Waals surface area contributed by atoms with Gasteiger partial charge in [-0.1, -0.05) is 26.0 Å². The van der Waals surface area contributed by atoms with E-state index in [1.54, 1.807) is 0 Å². The molecule has 0 aliphatic heterocycles. The SMILES string of the molecule is CC1CC(C)CC(N(C)C(C)c2cccc(N)c2)C1. The van der Waals surface area contributed by atoms with Crippen molar-refractivity contribution < 1.29 is 0 Å². The van der Waals surface area contributed by atoms with Gasteiger partial charge in [-0.25, -0.2) is 0 Å². The molecule has 2 heteroatoms. The van der Waals surface area contributed by atoms with Gasteiger partial charge in [0.25, 0.3) is 0 Å². The highest BCUT2D eigenvalue weighted by molar-refractivity contribution is 5.41. The van der Waals surface area contributed by atoms with Gasteiger partial charge in [-0.15, -0.1) is 0 Å². The van der Waals surface area contributed by atoms with Crippen LogP contribution in [0.3, 0.4) is 0 Å². The molecule has 1 aliphatic rings. The minimum absolute atomic E-state index is 0.436. The number of hydrogen-bond acceptors (Lipinski definition) is 2. The summed E-state index contributed by atoms with van der Waals surface area (Å²) in [5.74, 6) is 1.70. The van der Waals surface area contributed by atoms with E-state index in [2.05, 4.69) is 50.9 Å². The molecule has 1 fully saturated rings. The summed E-state index contributed by atoms with van der Waals surface area (Å²) >= 11 is 0. The van der Waals surface area contributed by atoms with Gasteiger partial charge in [-0.2, -0.15) is 0 Å². The van der Waals surface area contributed by atoms with Crippen molar-refractivity contribution in [2.75, 3.05) is 12.8 Å². The number of anilines is 1. The molecule has 2 rings (SSSR count). The van der Waals surface area contributed by atoms with Crippen molar-refractivity contribution in [2.24, 2.45) is 11.8 Å². The maximum absolute atomic E-state index is 5.90. The van der Waals surface area contributed by atoms with E-state index >= 15 is 0 Å². The van der Waals surface area contributed by atoms with Crippen LogP contribution in [0.5, 0.6) is 0 Å².